The first-order chi connectivity index (χ1) is 9.26. The van der Waals surface area contributed by atoms with E-state index in [0.29, 0.717) is 0 Å². The summed E-state index contributed by atoms with van der Waals surface area (Å²) in [6.45, 7) is 2.19. The Morgan fingerprint density at radius 1 is 1.53 bits per heavy atom. The van der Waals surface area contributed by atoms with Crippen LogP contribution in [0.3, 0.4) is 0 Å². The topological polar surface area (TPSA) is 29.9 Å². The number of nitrogens with one attached hydrogen (secondary N) is 1. The van der Waals surface area contributed by atoms with Gasteiger partial charge in [-0.2, -0.15) is 0 Å². The van der Waals surface area contributed by atoms with Gasteiger partial charge in [-0.05, 0) is 24.1 Å². The van der Waals surface area contributed by atoms with Crippen LogP contribution in [0.2, 0.25) is 0 Å². The number of nitrogens with zero attached hydrogens (tertiary/aromatic N) is 2. The molecule has 1 heterocycles. The SMILES string of the molecule is CCCC(C(=S)NC)c1cccc(-n2ccnc2)c1.[HH]. The van der Waals surface area contributed by atoms with Crippen molar-refractivity contribution in [2.45, 2.75) is 25.7 Å². The summed E-state index contributed by atoms with van der Waals surface area (Å²) in [4.78, 5) is 4.99. The lowest BCUT2D eigenvalue weighted by Crippen LogP contribution is -2.23. The molecule has 102 valence electrons. The fraction of sp³-hybridized carbons (Fsp3) is 0.333. The zero-order valence-corrected chi connectivity index (χ0v) is 12.2. The minimum absolute atomic E-state index is 0. The Labute approximate surface area is 121 Å². The lowest BCUT2D eigenvalue weighted by atomic mass is 9.94. The van der Waals surface area contributed by atoms with Crippen LogP contribution in [0.15, 0.2) is 43.0 Å². The number of thiocarbonyl (C=S) groups is 1. The summed E-state index contributed by atoms with van der Waals surface area (Å²) < 4.78 is 2.01. The molecule has 0 aliphatic heterocycles. The molecule has 0 aliphatic rings. The average molecular weight is 275 g/mol. The highest BCUT2D eigenvalue weighted by atomic mass is 32.1. The van der Waals surface area contributed by atoms with Crippen LogP contribution in [0.25, 0.3) is 5.69 Å². The lowest BCUT2D eigenvalue weighted by Gasteiger charge is -2.18. The molecular formula is C15H21N3S. The molecule has 0 amide bonds. The first-order valence-corrected chi connectivity index (χ1v) is 6.97. The molecule has 1 atom stereocenters. The van der Waals surface area contributed by atoms with E-state index in [-0.39, 0.29) is 7.34 Å². The van der Waals surface area contributed by atoms with E-state index in [1.165, 1.54) is 5.56 Å². The van der Waals surface area contributed by atoms with Crippen molar-refractivity contribution in [1.82, 2.24) is 14.9 Å². The van der Waals surface area contributed by atoms with Crippen LogP contribution in [-0.2, 0) is 0 Å². The third-order valence-corrected chi connectivity index (χ3v) is 3.70. The van der Waals surface area contributed by atoms with Gasteiger partial charge in [-0.1, -0.05) is 37.7 Å². The van der Waals surface area contributed by atoms with Crippen molar-refractivity contribution in [1.29, 1.82) is 0 Å². The van der Waals surface area contributed by atoms with Crippen LogP contribution in [0.5, 0.6) is 0 Å². The van der Waals surface area contributed by atoms with Crippen molar-refractivity contribution in [2.75, 3.05) is 7.05 Å². The minimum Gasteiger partial charge on any atom is -0.382 e. The summed E-state index contributed by atoms with van der Waals surface area (Å²) in [6, 6.07) is 8.48. The van der Waals surface area contributed by atoms with Crippen molar-refractivity contribution in [3.63, 3.8) is 0 Å². The van der Waals surface area contributed by atoms with Gasteiger partial charge in [0.25, 0.3) is 0 Å². The highest BCUT2D eigenvalue weighted by Gasteiger charge is 2.15. The number of hydrogen-bond donors (Lipinski definition) is 1. The van der Waals surface area contributed by atoms with E-state index in [1.807, 2.05) is 24.1 Å². The van der Waals surface area contributed by atoms with Gasteiger partial charge in [0.1, 0.15) is 0 Å². The number of benzene rings is 1. The molecule has 2 rings (SSSR count). The largest absolute Gasteiger partial charge is 0.382 e. The normalized spacial score (nSPS) is 12.1. The molecule has 0 saturated heterocycles. The third kappa shape index (κ3) is 3.20. The maximum Gasteiger partial charge on any atom is 0.0991 e. The Morgan fingerprint density at radius 3 is 3.00 bits per heavy atom. The molecule has 1 aromatic heterocycles. The molecule has 0 radical (unpaired) electrons. The van der Waals surface area contributed by atoms with Crippen LogP contribution in [-0.4, -0.2) is 21.6 Å². The molecule has 19 heavy (non-hydrogen) atoms. The van der Waals surface area contributed by atoms with Crippen molar-refractivity contribution in [3.8, 4) is 5.69 Å². The predicted molar refractivity (Wildman–Crippen MR) is 85.0 cm³/mol. The molecule has 0 aliphatic carbocycles. The maximum absolute atomic E-state index is 5.44. The van der Waals surface area contributed by atoms with Gasteiger partial charge in [0.05, 0.1) is 11.3 Å². The second-order valence-corrected chi connectivity index (χ2v) is 4.96. The van der Waals surface area contributed by atoms with Crippen molar-refractivity contribution >= 4 is 17.2 Å². The van der Waals surface area contributed by atoms with Gasteiger partial charge in [0, 0.05) is 32.5 Å². The highest BCUT2D eigenvalue weighted by molar-refractivity contribution is 7.80. The predicted octanol–water partition coefficient (Wildman–Crippen LogP) is 3.55. The molecule has 3 nitrogen and oxygen atoms in total. The second kappa shape index (κ2) is 6.48. The van der Waals surface area contributed by atoms with Gasteiger partial charge in [0.15, 0.2) is 0 Å². The van der Waals surface area contributed by atoms with Gasteiger partial charge in [-0.3, -0.25) is 0 Å². The molecule has 0 spiro atoms. The Bertz CT molecular complexity index is 540. The molecule has 1 unspecified atom stereocenters. The molecule has 1 N–H and O–H groups in total. The summed E-state index contributed by atoms with van der Waals surface area (Å²) in [5.41, 5.74) is 2.38. The smallest absolute Gasteiger partial charge is 0.0991 e. The zero-order valence-electron chi connectivity index (χ0n) is 11.3. The molecule has 0 bridgehead atoms. The summed E-state index contributed by atoms with van der Waals surface area (Å²) in [7, 11) is 1.89. The van der Waals surface area contributed by atoms with E-state index in [1.54, 1.807) is 6.20 Å². The van der Waals surface area contributed by atoms with Gasteiger partial charge >= 0.3 is 0 Å². The summed E-state index contributed by atoms with van der Waals surface area (Å²) >= 11 is 5.44. The van der Waals surface area contributed by atoms with E-state index in [4.69, 9.17) is 12.2 Å². The van der Waals surface area contributed by atoms with Crippen LogP contribution >= 0.6 is 12.2 Å². The maximum atomic E-state index is 5.44. The Kier molecular flexibility index (Phi) is 4.68. The quantitative estimate of drug-likeness (QED) is 0.846. The highest BCUT2D eigenvalue weighted by Crippen LogP contribution is 2.24. The van der Waals surface area contributed by atoms with Gasteiger partial charge in [-0.15, -0.1) is 0 Å². The van der Waals surface area contributed by atoms with Gasteiger partial charge < -0.3 is 9.88 Å². The van der Waals surface area contributed by atoms with Crippen molar-refractivity contribution < 1.29 is 1.43 Å². The van der Waals surface area contributed by atoms with Gasteiger partial charge in [-0.25, -0.2) is 4.98 Å². The standard InChI is InChI=1S/C15H19N3S.H2/c1-3-5-14(15(19)16-2)12-6-4-7-13(10-12)18-9-8-17-11-18;/h4,6-11,14H,3,5H2,1-2H3,(H,16,19);1H. The Hall–Kier alpha value is -1.68. The zero-order chi connectivity index (χ0) is 13.7. The first kappa shape index (κ1) is 13.7. The fourth-order valence-electron chi connectivity index (χ4n) is 2.23. The lowest BCUT2D eigenvalue weighted by molar-refractivity contribution is 0.736. The molecule has 0 fully saturated rings. The van der Waals surface area contributed by atoms with E-state index in [2.05, 4.69) is 41.5 Å². The summed E-state index contributed by atoms with van der Waals surface area (Å²) in [6.07, 6.45) is 7.72. The van der Waals surface area contributed by atoms with Crippen molar-refractivity contribution in [3.05, 3.63) is 48.5 Å². The molecule has 1 aromatic carbocycles. The van der Waals surface area contributed by atoms with Crippen LogP contribution in [0, 0.1) is 0 Å². The van der Waals surface area contributed by atoms with Crippen LogP contribution < -0.4 is 5.32 Å². The molecule has 2 aromatic rings. The van der Waals surface area contributed by atoms with Gasteiger partial charge in [0.2, 0.25) is 0 Å². The summed E-state index contributed by atoms with van der Waals surface area (Å²) in [5, 5.41) is 3.11. The monoisotopic (exact) mass is 275 g/mol. The molecule has 4 heteroatoms. The summed E-state index contributed by atoms with van der Waals surface area (Å²) in [5.74, 6) is 0.286. The third-order valence-electron chi connectivity index (χ3n) is 3.22. The van der Waals surface area contributed by atoms with E-state index >= 15 is 0 Å². The number of imidazole rings is 1. The van der Waals surface area contributed by atoms with Crippen molar-refractivity contribution in [2.24, 2.45) is 0 Å². The second-order valence-electron chi connectivity index (χ2n) is 4.52. The first-order valence-electron chi connectivity index (χ1n) is 6.56. The minimum atomic E-state index is 0. The van der Waals surface area contributed by atoms with E-state index in [9.17, 15) is 0 Å². The number of hydrogen-bond acceptors (Lipinski definition) is 2. The number of aromatic nitrogens is 2. The Balaban J connectivity index is 0.00000200. The number of rotatable bonds is 5. The number of likely N-dealkylation sites (N-methyl/N-ethyl adjacent to an activating group) is 1. The molecular weight excluding hydrogens is 254 g/mol. The molecule has 0 saturated carbocycles. The fourth-order valence-corrected chi connectivity index (χ4v) is 2.48. The van der Waals surface area contributed by atoms with E-state index < -0.39 is 0 Å². The van der Waals surface area contributed by atoms with Crippen LogP contribution in [0.1, 0.15) is 32.7 Å². The van der Waals surface area contributed by atoms with E-state index in [0.717, 1.165) is 23.5 Å². The average Bonchev–Trinajstić information content (AvgIpc) is 2.98. The van der Waals surface area contributed by atoms with Crippen LogP contribution in [0.4, 0.5) is 0 Å². The Morgan fingerprint density at radius 2 is 2.37 bits per heavy atom.